The first kappa shape index (κ1) is 19.2. The third-order valence-electron chi connectivity index (χ3n) is 4.76. The topological polar surface area (TPSA) is 80.1 Å². The van der Waals surface area contributed by atoms with Crippen LogP contribution in [-0.2, 0) is 13.0 Å². The van der Waals surface area contributed by atoms with Crippen molar-refractivity contribution in [3.63, 3.8) is 0 Å². The highest BCUT2D eigenvalue weighted by Gasteiger charge is 2.13. The summed E-state index contributed by atoms with van der Waals surface area (Å²) < 4.78 is 5.57. The Kier molecular flexibility index (Phi) is 6.29. The lowest BCUT2D eigenvalue weighted by Gasteiger charge is -2.18. The van der Waals surface area contributed by atoms with E-state index in [0.29, 0.717) is 18.4 Å². The average Bonchev–Trinajstić information content (AvgIpc) is 3.09. The fourth-order valence-electron chi connectivity index (χ4n) is 3.14. The number of nitrogens with zero attached hydrogens (tertiary/aromatic N) is 3. The van der Waals surface area contributed by atoms with Crippen LogP contribution in [0.1, 0.15) is 43.9 Å². The largest absolute Gasteiger partial charge is 0.463 e. The summed E-state index contributed by atoms with van der Waals surface area (Å²) >= 11 is 0. The van der Waals surface area contributed by atoms with Gasteiger partial charge in [0.2, 0.25) is 0 Å². The molecule has 0 spiro atoms. The van der Waals surface area contributed by atoms with Crippen molar-refractivity contribution in [2.75, 3.05) is 25.4 Å². The fourth-order valence-corrected chi connectivity index (χ4v) is 3.14. The van der Waals surface area contributed by atoms with Crippen LogP contribution in [-0.4, -0.2) is 39.5 Å². The van der Waals surface area contributed by atoms with Gasteiger partial charge in [0.1, 0.15) is 11.0 Å². The van der Waals surface area contributed by atoms with Gasteiger partial charge < -0.3 is 15.5 Å². The molecule has 2 aromatic heterocycles. The van der Waals surface area contributed by atoms with Crippen LogP contribution in [0.5, 0.6) is 6.01 Å². The molecule has 0 radical (unpaired) electrons. The van der Waals surface area contributed by atoms with Crippen molar-refractivity contribution in [1.82, 2.24) is 19.9 Å². The van der Waals surface area contributed by atoms with Gasteiger partial charge in [0, 0.05) is 24.7 Å². The number of rotatable bonds is 9. The molecule has 0 saturated heterocycles. The molecule has 6 heteroatoms. The summed E-state index contributed by atoms with van der Waals surface area (Å²) in [6.45, 7) is 10.1. The highest BCUT2D eigenvalue weighted by atomic mass is 16.5. The fraction of sp³-hybridized carbons (Fsp3) is 0.429. The number of nitrogens with two attached hydrogens (primary N) is 1. The molecule has 0 aliphatic rings. The monoisotopic (exact) mass is 367 g/mol. The van der Waals surface area contributed by atoms with Crippen LogP contribution in [0.15, 0.2) is 30.5 Å². The van der Waals surface area contributed by atoms with Gasteiger partial charge in [-0.05, 0) is 30.6 Å². The molecule has 3 rings (SSSR count). The van der Waals surface area contributed by atoms with E-state index in [4.69, 9.17) is 10.5 Å². The Morgan fingerprint density at radius 3 is 2.41 bits per heavy atom. The van der Waals surface area contributed by atoms with E-state index in [9.17, 15) is 0 Å². The molecule has 0 aliphatic heterocycles. The van der Waals surface area contributed by atoms with Gasteiger partial charge in [-0.2, -0.15) is 9.97 Å². The number of H-pyrrole nitrogens is 1. The van der Waals surface area contributed by atoms with Crippen molar-refractivity contribution in [2.45, 2.75) is 40.2 Å². The zero-order valence-corrected chi connectivity index (χ0v) is 16.5. The first-order valence-electron chi connectivity index (χ1n) is 9.71. The predicted octanol–water partition coefficient (Wildman–Crippen LogP) is 3.76. The number of fused-ring (bicyclic) bond motifs is 1. The molecule has 6 nitrogen and oxygen atoms in total. The van der Waals surface area contributed by atoms with E-state index in [1.165, 1.54) is 11.1 Å². The van der Waals surface area contributed by atoms with Crippen LogP contribution in [0, 0.1) is 0 Å². The van der Waals surface area contributed by atoms with Crippen molar-refractivity contribution in [2.24, 2.45) is 0 Å². The minimum absolute atomic E-state index is 0.345. The normalized spacial score (nSPS) is 11.4. The zero-order valence-electron chi connectivity index (χ0n) is 16.5. The van der Waals surface area contributed by atoms with Crippen molar-refractivity contribution >= 4 is 16.9 Å². The third-order valence-corrected chi connectivity index (χ3v) is 4.76. The van der Waals surface area contributed by atoms with Crippen molar-refractivity contribution in [3.8, 4) is 6.01 Å². The molecule has 0 atom stereocenters. The van der Waals surface area contributed by atoms with E-state index in [1.807, 2.05) is 13.1 Å². The zero-order chi connectivity index (χ0) is 19.2. The van der Waals surface area contributed by atoms with Crippen LogP contribution < -0.4 is 10.5 Å². The van der Waals surface area contributed by atoms with Gasteiger partial charge in [0.15, 0.2) is 5.82 Å². The number of hydrogen-bond donors (Lipinski definition) is 2. The number of benzene rings is 1. The third kappa shape index (κ3) is 4.57. The summed E-state index contributed by atoms with van der Waals surface area (Å²) in [4.78, 5) is 14.4. The van der Waals surface area contributed by atoms with Crippen LogP contribution >= 0.6 is 0 Å². The first-order chi connectivity index (χ1) is 13.1. The molecular formula is C21H29N5O. The lowest BCUT2D eigenvalue weighted by atomic mass is 10.0. The summed E-state index contributed by atoms with van der Waals surface area (Å²) in [6, 6.07) is 9.15. The van der Waals surface area contributed by atoms with Gasteiger partial charge in [-0.3, -0.25) is 4.90 Å². The number of aromatic nitrogens is 3. The van der Waals surface area contributed by atoms with Crippen molar-refractivity contribution < 1.29 is 4.74 Å². The maximum Gasteiger partial charge on any atom is 0.319 e. The van der Waals surface area contributed by atoms with Crippen molar-refractivity contribution in [3.05, 3.63) is 47.2 Å². The van der Waals surface area contributed by atoms with E-state index >= 15 is 0 Å². The van der Waals surface area contributed by atoms with Gasteiger partial charge in [-0.15, -0.1) is 0 Å². The lowest BCUT2D eigenvalue weighted by Crippen LogP contribution is -2.21. The second-order valence-electron chi connectivity index (χ2n) is 6.73. The SMILES string of the molecule is CCCOc1nc(N)c2[nH]cc(Cc3ccc(CN(CC)CC)cc3)c2n1. The Hall–Kier alpha value is -2.60. The minimum Gasteiger partial charge on any atom is -0.463 e. The van der Waals surface area contributed by atoms with E-state index in [2.05, 4.69) is 58.0 Å². The van der Waals surface area contributed by atoms with Gasteiger partial charge in [0.05, 0.1) is 6.61 Å². The summed E-state index contributed by atoms with van der Waals surface area (Å²) in [6.07, 6.45) is 3.65. The Labute approximate surface area is 160 Å². The Morgan fingerprint density at radius 1 is 1.04 bits per heavy atom. The molecule has 0 unspecified atom stereocenters. The first-order valence-corrected chi connectivity index (χ1v) is 9.71. The summed E-state index contributed by atoms with van der Waals surface area (Å²) in [7, 11) is 0. The van der Waals surface area contributed by atoms with E-state index < -0.39 is 0 Å². The molecule has 144 valence electrons. The molecule has 3 aromatic rings. The second kappa shape index (κ2) is 8.86. The highest BCUT2D eigenvalue weighted by Crippen LogP contribution is 2.25. The van der Waals surface area contributed by atoms with Crippen LogP contribution in [0.25, 0.3) is 11.0 Å². The molecule has 0 aliphatic carbocycles. The average molecular weight is 367 g/mol. The summed E-state index contributed by atoms with van der Waals surface area (Å²) in [5.41, 5.74) is 11.3. The molecular weight excluding hydrogens is 338 g/mol. The Morgan fingerprint density at radius 2 is 1.74 bits per heavy atom. The van der Waals surface area contributed by atoms with E-state index in [-0.39, 0.29) is 0 Å². The van der Waals surface area contributed by atoms with Gasteiger partial charge in [-0.1, -0.05) is 45.0 Å². The molecule has 0 saturated carbocycles. The lowest BCUT2D eigenvalue weighted by molar-refractivity contribution is 0.294. The Balaban J connectivity index is 1.78. The van der Waals surface area contributed by atoms with E-state index in [1.54, 1.807) is 0 Å². The van der Waals surface area contributed by atoms with Gasteiger partial charge in [0.25, 0.3) is 0 Å². The quantitative estimate of drug-likeness (QED) is 0.602. The minimum atomic E-state index is 0.345. The number of nitrogen functional groups attached to an aromatic ring is 1. The Bertz CT molecular complexity index is 868. The van der Waals surface area contributed by atoms with Crippen molar-refractivity contribution in [1.29, 1.82) is 0 Å². The van der Waals surface area contributed by atoms with Crippen LogP contribution in [0.4, 0.5) is 5.82 Å². The van der Waals surface area contributed by atoms with Gasteiger partial charge >= 0.3 is 6.01 Å². The molecule has 3 N–H and O–H groups in total. The van der Waals surface area contributed by atoms with E-state index in [0.717, 1.165) is 49.1 Å². The number of anilines is 1. The summed E-state index contributed by atoms with van der Waals surface area (Å²) in [5, 5.41) is 0. The number of hydrogen-bond acceptors (Lipinski definition) is 5. The maximum absolute atomic E-state index is 6.06. The molecule has 27 heavy (non-hydrogen) atoms. The van der Waals surface area contributed by atoms with Crippen LogP contribution in [0.2, 0.25) is 0 Å². The molecule has 0 bridgehead atoms. The second-order valence-corrected chi connectivity index (χ2v) is 6.73. The summed E-state index contributed by atoms with van der Waals surface area (Å²) in [5.74, 6) is 0.423. The number of ether oxygens (including phenoxy) is 1. The molecule has 0 amide bonds. The standard InChI is InChI=1S/C21H29N5O/c1-4-11-27-21-24-18-17(13-23-19(18)20(22)25-21)12-15-7-9-16(10-8-15)14-26(5-2)6-3/h7-10,13,23H,4-6,11-12,14H2,1-3H3,(H2,22,24,25). The smallest absolute Gasteiger partial charge is 0.319 e. The molecule has 2 heterocycles. The number of aromatic amines is 1. The highest BCUT2D eigenvalue weighted by molar-refractivity contribution is 5.87. The predicted molar refractivity (Wildman–Crippen MR) is 110 cm³/mol. The van der Waals surface area contributed by atoms with Crippen LogP contribution in [0.3, 0.4) is 0 Å². The molecule has 0 fully saturated rings. The van der Waals surface area contributed by atoms with Gasteiger partial charge in [-0.25, -0.2) is 0 Å². The molecule has 1 aromatic carbocycles. The number of nitrogens with one attached hydrogen (secondary N) is 1. The maximum atomic E-state index is 6.06.